The minimum Gasteiger partial charge on any atom is -0.311 e. The van der Waals surface area contributed by atoms with Crippen LogP contribution in [0.4, 0.5) is 22.7 Å². The molecule has 0 spiro atoms. The third kappa shape index (κ3) is 6.79. The van der Waals surface area contributed by atoms with Crippen molar-refractivity contribution in [3.63, 3.8) is 0 Å². The standard InChI is InChI=1S/C46H42N2/c1-5-8-22-40(7-3)47(45-27-16-20-38-18-12-14-25-43(38)45)35(4)29-30-36(6-2)37-31-33-42(34-32-37)48(41-23-10-9-11-24-41)46-28-17-21-39-19-13-15-26-44(39)46/h6-34H,4-5H2,1-3H3/b22-8-,30-29-,36-6+,40-7+. The van der Waals surface area contributed by atoms with Gasteiger partial charge >= 0.3 is 0 Å². The van der Waals surface area contributed by atoms with Gasteiger partial charge in [-0.2, -0.15) is 0 Å². The van der Waals surface area contributed by atoms with Crippen molar-refractivity contribution in [2.45, 2.75) is 27.2 Å². The maximum atomic E-state index is 4.57. The number of benzene rings is 6. The van der Waals surface area contributed by atoms with E-state index in [-0.39, 0.29) is 0 Å². The third-order valence-electron chi connectivity index (χ3n) is 8.62. The smallest absolute Gasteiger partial charge is 0.0540 e. The van der Waals surface area contributed by atoms with Gasteiger partial charge in [-0.15, -0.1) is 0 Å². The second kappa shape index (κ2) is 15.2. The van der Waals surface area contributed by atoms with Crippen LogP contribution in [-0.2, 0) is 0 Å². The summed E-state index contributed by atoms with van der Waals surface area (Å²) in [5.41, 5.74) is 8.74. The second-order valence-electron chi connectivity index (χ2n) is 11.6. The highest BCUT2D eigenvalue weighted by atomic mass is 15.2. The summed E-state index contributed by atoms with van der Waals surface area (Å²) in [6.07, 6.45) is 14.0. The first-order valence-corrected chi connectivity index (χ1v) is 16.7. The highest BCUT2D eigenvalue weighted by molar-refractivity contribution is 5.99. The van der Waals surface area contributed by atoms with Gasteiger partial charge in [0.1, 0.15) is 0 Å². The fourth-order valence-electron chi connectivity index (χ4n) is 6.23. The van der Waals surface area contributed by atoms with Crippen molar-refractivity contribution in [1.29, 1.82) is 0 Å². The van der Waals surface area contributed by atoms with Crippen LogP contribution in [0, 0.1) is 0 Å². The van der Waals surface area contributed by atoms with E-state index in [0.717, 1.165) is 51.7 Å². The highest BCUT2D eigenvalue weighted by Gasteiger charge is 2.17. The lowest BCUT2D eigenvalue weighted by Gasteiger charge is -2.28. The minimum atomic E-state index is 0.891. The lowest BCUT2D eigenvalue weighted by molar-refractivity contribution is 1.13. The van der Waals surface area contributed by atoms with Crippen LogP contribution in [0.1, 0.15) is 32.8 Å². The minimum absolute atomic E-state index is 0.891. The molecule has 0 atom stereocenters. The van der Waals surface area contributed by atoms with Gasteiger partial charge in [0.25, 0.3) is 0 Å². The summed E-state index contributed by atoms with van der Waals surface area (Å²) in [4.78, 5) is 4.59. The van der Waals surface area contributed by atoms with E-state index >= 15 is 0 Å². The number of hydrogen-bond donors (Lipinski definition) is 0. The van der Waals surface area contributed by atoms with Crippen LogP contribution in [0.2, 0.25) is 0 Å². The van der Waals surface area contributed by atoms with E-state index in [1.54, 1.807) is 0 Å². The normalized spacial score (nSPS) is 12.3. The average molecular weight is 623 g/mol. The molecule has 48 heavy (non-hydrogen) atoms. The third-order valence-corrected chi connectivity index (χ3v) is 8.62. The molecule has 6 aromatic carbocycles. The highest BCUT2D eigenvalue weighted by Crippen LogP contribution is 2.39. The number of para-hydroxylation sites is 1. The maximum absolute atomic E-state index is 4.57. The van der Waals surface area contributed by atoms with Crippen molar-refractivity contribution >= 4 is 49.9 Å². The molecule has 0 aliphatic rings. The predicted molar refractivity (Wildman–Crippen MR) is 210 cm³/mol. The van der Waals surface area contributed by atoms with E-state index in [1.807, 2.05) is 0 Å². The first-order valence-electron chi connectivity index (χ1n) is 16.7. The first kappa shape index (κ1) is 32.1. The van der Waals surface area contributed by atoms with Gasteiger partial charge in [-0.3, -0.25) is 0 Å². The Balaban J connectivity index is 1.34. The van der Waals surface area contributed by atoms with Crippen LogP contribution >= 0.6 is 0 Å². The largest absolute Gasteiger partial charge is 0.311 e. The summed E-state index contributed by atoms with van der Waals surface area (Å²) in [5, 5.41) is 4.83. The zero-order valence-electron chi connectivity index (χ0n) is 28.1. The number of hydrogen-bond acceptors (Lipinski definition) is 2. The zero-order chi connectivity index (χ0) is 33.3. The molecule has 2 heteroatoms. The van der Waals surface area contributed by atoms with Gasteiger partial charge in [-0.25, -0.2) is 0 Å². The van der Waals surface area contributed by atoms with Gasteiger partial charge in [0.15, 0.2) is 0 Å². The molecule has 0 saturated heterocycles. The molecule has 0 N–H and O–H groups in total. The van der Waals surface area contributed by atoms with Crippen LogP contribution < -0.4 is 9.80 Å². The van der Waals surface area contributed by atoms with Crippen molar-refractivity contribution < 1.29 is 0 Å². The summed E-state index contributed by atoms with van der Waals surface area (Å²) >= 11 is 0. The molecule has 0 amide bonds. The Hall–Kier alpha value is -5.86. The molecule has 0 saturated carbocycles. The summed E-state index contributed by atoms with van der Waals surface area (Å²) in [6.45, 7) is 10.9. The quantitative estimate of drug-likeness (QED) is 0.133. The second-order valence-corrected chi connectivity index (χ2v) is 11.6. The van der Waals surface area contributed by atoms with Crippen molar-refractivity contribution in [2.75, 3.05) is 9.80 Å². The van der Waals surface area contributed by atoms with Gasteiger partial charge in [-0.1, -0.05) is 141 Å². The lowest BCUT2D eigenvalue weighted by atomic mass is 10.0. The zero-order valence-corrected chi connectivity index (χ0v) is 28.1. The van der Waals surface area contributed by atoms with E-state index in [1.165, 1.54) is 21.5 Å². The Morgan fingerprint density at radius 3 is 1.75 bits per heavy atom. The van der Waals surface area contributed by atoms with Crippen LogP contribution in [0.3, 0.4) is 0 Å². The van der Waals surface area contributed by atoms with E-state index in [2.05, 4.69) is 213 Å². The number of fused-ring (bicyclic) bond motifs is 2. The lowest BCUT2D eigenvalue weighted by Crippen LogP contribution is -2.19. The molecular formula is C46H42N2. The molecule has 6 rings (SSSR count). The van der Waals surface area contributed by atoms with Crippen molar-refractivity contribution in [2.24, 2.45) is 0 Å². The Morgan fingerprint density at radius 2 is 1.12 bits per heavy atom. The van der Waals surface area contributed by atoms with Gasteiger partial charge in [-0.05, 0) is 90.7 Å². The molecule has 236 valence electrons. The van der Waals surface area contributed by atoms with Gasteiger partial charge in [0.05, 0.1) is 11.4 Å². The van der Waals surface area contributed by atoms with Gasteiger partial charge < -0.3 is 9.80 Å². The average Bonchev–Trinajstić information content (AvgIpc) is 3.14. The maximum Gasteiger partial charge on any atom is 0.0540 e. The molecule has 0 bridgehead atoms. The van der Waals surface area contributed by atoms with Crippen molar-refractivity contribution in [3.8, 4) is 0 Å². The molecule has 0 aromatic heterocycles. The molecule has 0 heterocycles. The molecule has 0 unspecified atom stereocenters. The van der Waals surface area contributed by atoms with Crippen LogP contribution in [0.15, 0.2) is 194 Å². The Bertz CT molecular complexity index is 2140. The monoisotopic (exact) mass is 622 g/mol. The fraction of sp³-hybridized carbons (Fsp3) is 0.0870. The number of nitrogens with zero attached hydrogens (tertiary/aromatic N) is 2. The Kier molecular flexibility index (Phi) is 10.1. The molecule has 2 nitrogen and oxygen atoms in total. The molecule has 0 radical (unpaired) electrons. The van der Waals surface area contributed by atoms with Crippen molar-refractivity contribution in [3.05, 3.63) is 200 Å². The summed E-state index contributed by atoms with van der Waals surface area (Å²) in [5.74, 6) is 0. The summed E-state index contributed by atoms with van der Waals surface area (Å²) < 4.78 is 0. The summed E-state index contributed by atoms with van der Waals surface area (Å²) in [6, 6.07) is 49.5. The van der Waals surface area contributed by atoms with E-state index in [9.17, 15) is 0 Å². The molecule has 0 aliphatic heterocycles. The van der Waals surface area contributed by atoms with Crippen LogP contribution in [0.25, 0.3) is 27.1 Å². The Morgan fingerprint density at radius 1 is 0.562 bits per heavy atom. The number of rotatable bonds is 11. The molecule has 0 fully saturated rings. The van der Waals surface area contributed by atoms with Crippen LogP contribution in [-0.4, -0.2) is 0 Å². The van der Waals surface area contributed by atoms with E-state index in [4.69, 9.17) is 0 Å². The number of allylic oxidation sites excluding steroid dienone is 7. The Labute approximate surface area is 285 Å². The van der Waals surface area contributed by atoms with E-state index < -0.39 is 0 Å². The molecule has 0 aliphatic carbocycles. The fourth-order valence-corrected chi connectivity index (χ4v) is 6.23. The van der Waals surface area contributed by atoms with E-state index in [0.29, 0.717) is 0 Å². The van der Waals surface area contributed by atoms with Crippen LogP contribution in [0.5, 0.6) is 0 Å². The molecule has 6 aromatic rings. The molecular weight excluding hydrogens is 581 g/mol. The van der Waals surface area contributed by atoms with Crippen molar-refractivity contribution in [1.82, 2.24) is 0 Å². The topological polar surface area (TPSA) is 6.48 Å². The first-order chi connectivity index (χ1) is 23.6. The van der Waals surface area contributed by atoms with Gasteiger partial charge in [0, 0.05) is 33.5 Å². The number of anilines is 4. The SMILES string of the molecule is C=C(/C=C\C(=C/C)c1ccc(N(c2ccccc2)c2cccc3ccccc23)cc1)N(C(/C=C\CC)=C/C)c1cccc2ccccc12. The predicted octanol–water partition coefficient (Wildman–Crippen LogP) is 13.3. The van der Waals surface area contributed by atoms with Gasteiger partial charge in [0.2, 0.25) is 0 Å². The summed E-state index contributed by atoms with van der Waals surface area (Å²) in [7, 11) is 0.